The summed E-state index contributed by atoms with van der Waals surface area (Å²) in [7, 11) is 0. The Hall–Kier alpha value is -3.01. The molecule has 4 nitrogen and oxygen atoms in total. The zero-order valence-electron chi connectivity index (χ0n) is 14.9. The fourth-order valence-corrected chi connectivity index (χ4v) is 3.12. The third kappa shape index (κ3) is 3.49. The molecular weight excluding hydrogens is 328 g/mol. The maximum atomic E-state index is 13.0. The van der Waals surface area contributed by atoms with E-state index in [1.807, 2.05) is 31.2 Å². The van der Waals surface area contributed by atoms with E-state index in [0.29, 0.717) is 23.1 Å². The predicted molar refractivity (Wildman–Crippen MR) is 98.3 cm³/mol. The SMILES string of the molecule is CCOC(=O)CC1=C(Cc2ccc(C)cc2)C(=O)c2ccccc2C1=O. The number of allylic oxidation sites excluding steroid dienone is 1. The quantitative estimate of drug-likeness (QED) is 0.770. The van der Waals surface area contributed by atoms with Crippen LogP contribution in [0, 0.1) is 6.92 Å². The third-order valence-corrected chi connectivity index (χ3v) is 4.46. The molecule has 0 aliphatic heterocycles. The van der Waals surface area contributed by atoms with E-state index in [0.717, 1.165) is 11.1 Å². The molecule has 0 heterocycles. The summed E-state index contributed by atoms with van der Waals surface area (Å²) in [4.78, 5) is 38.0. The minimum absolute atomic E-state index is 0.187. The summed E-state index contributed by atoms with van der Waals surface area (Å²) in [5.41, 5.74) is 3.41. The number of ketones is 2. The summed E-state index contributed by atoms with van der Waals surface area (Å²) in [6.45, 7) is 3.93. The van der Waals surface area contributed by atoms with Gasteiger partial charge in [0.05, 0.1) is 13.0 Å². The van der Waals surface area contributed by atoms with Crippen LogP contribution in [0.5, 0.6) is 0 Å². The van der Waals surface area contributed by atoms with Crippen molar-refractivity contribution in [3.8, 4) is 0 Å². The fourth-order valence-electron chi connectivity index (χ4n) is 3.12. The van der Waals surface area contributed by atoms with Gasteiger partial charge in [0.1, 0.15) is 0 Å². The summed E-state index contributed by atoms with van der Waals surface area (Å²) < 4.78 is 4.99. The number of hydrogen-bond donors (Lipinski definition) is 0. The first-order valence-corrected chi connectivity index (χ1v) is 8.63. The Morgan fingerprint density at radius 1 is 0.885 bits per heavy atom. The lowest BCUT2D eigenvalue weighted by Crippen LogP contribution is -2.25. The number of aryl methyl sites for hydroxylation is 1. The van der Waals surface area contributed by atoms with Gasteiger partial charge in [0, 0.05) is 28.7 Å². The lowest BCUT2D eigenvalue weighted by atomic mass is 9.80. The van der Waals surface area contributed by atoms with Gasteiger partial charge in [0.2, 0.25) is 0 Å². The molecule has 4 heteroatoms. The lowest BCUT2D eigenvalue weighted by Gasteiger charge is -2.21. The summed E-state index contributed by atoms with van der Waals surface area (Å²) >= 11 is 0. The number of Topliss-reactive ketones (excluding diaryl/α,β-unsaturated/α-hetero) is 2. The Labute approximate surface area is 152 Å². The average Bonchev–Trinajstić information content (AvgIpc) is 2.64. The normalized spacial score (nSPS) is 13.6. The molecule has 132 valence electrons. The van der Waals surface area contributed by atoms with Gasteiger partial charge in [0.25, 0.3) is 0 Å². The molecule has 2 aromatic carbocycles. The van der Waals surface area contributed by atoms with Gasteiger partial charge in [0.15, 0.2) is 11.6 Å². The molecule has 0 N–H and O–H groups in total. The molecule has 0 saturated heterocycles. The maximum Gasteiger partial charge on any atom is 0.310 e. The number of hydrogen-bond acceptors (Lipinski definition) is 4. The van der Waals surface area contributed by atoms with Crippen LogP contribution in [-0.2, 0) is 16.0 Å². The highest BCUT2D eigenvalue weighted by atomic mass is 16.5. The summed E-state index contributed by atoms with van der Waals surface area (Å²) in [6.07, 6.45) is 0.127. The number of carbonyl (C=O) groups excluding carboxylic acids is 3. The summed E-state index contributed by atoms with van der Waals surface area (Å²) in [5.74, 6) is -0.958. The smallest absolute Gasteiger partial charge is 0.310 e. The van der Waals surface area contributed by atoms with Gasteiger partial charge in [-0.2, -0.15) is 0 Å². The van der Waals surface area contributed by atoms with E-state index < -0.39 is 5.97 Å². The largest absolute Gasteiger partial charge is 0.466 e. The van der Waals surface area contributed by atoms with Crippen LogP contribution in [0.25, 0.3) is 0 Å². The van der Waals surface area contributed by atoms with E-state index in [2.05, 4.69) is 0 Å². The van der Waals surface area contributed by atoms with E-state index in [4.69, 9.17) is 4.74 Å². The summed E-state index contributed by atoms with van der Waals surface area (Å²) in [5, 5.41) is 0. The van der Waals surface area contributed by atoms with E-state index in [9.17, 15) is 14.4 Å². The van der Waals surface area contributed by atoms with Crippen molar-refractivity contribution in [2.45, 2.75) is 26.7 Å². The molecule has 0 spiro atoms. The topological polar surface area (TPSA) is 60.4 Å². The monoisotopic (exact) mass is 348 g/mol. The van der Waals surface area contributed by atoms with Crippen molar-refractivity contribution >= 4 is 17.5 Å². The Kier molecular flexibility index (Phi) is 5.12. The second-order valence-electron chi connectivity index (χ2n) is 6.31. The maximum absolute atomic E-state index is 13.0. The minimum atomic E-state index is -0.496. The molecule has 0 saturated carbocycles. The van der Waals surface area contributed by atoms with Gasteiger partial charge >= 0.3 is 5.97 Å². The van der Waals surface area contributed by atoms with Gasteiger partial charge in [-0.25, -0.2) is 0 Å². The average molecular weight is 348 g/mol. The Morgan fingerprint density at radius 3 is 2.04 bits per heavy atom. The number of rotatable bonds is 5. The molecular formula is C22H20O4. The zero-order valence-corrected chi connectivity index (χ0v) is 14.9. The highest BCUT2D eigenvalue weighted by Crippen LogP contribution is 2.30. The standard InChI is InChI=1S/C22H20O4/c1-3-26-20(23)13-19-18(12-15-10-8-14(2)9-11-15)21(24)16-6-4-5-7-17(16)22(19)25/h4-11H,3,12-13H2,1-2H3. The molecule has 1 aliphatic carbocycles. The molecule has 0 atom stereocenters. The van der Waals surface area contributed by atoms with Crippen LogP contribution < -0.4 is 0 Å². The first-order valence-electron chi connectivity index (χ1n) is 8.63. The minimum Gasteiger partial charge on any atom is -0.466 e. The fraction of sp³-hybridized carbons (Fsp3) is 0.227. The lowest BCUT2D eigenvalue weighted by molar-refractivity contribution is -0.142. The van der Waals surface area contributed by atoms with Crippen LogP contribution in [0.4, 0.5) is 0 Å². The van der Waals surface area contributed by atoms with E-state index in [1.165, 1.54) is 0 Å². The van der Waals surface area contributed by atoms with E-state index in [-0.39, 0.29) is 30.2 Å². The third-order valence-electron chi connectivity index (χ3n) is 4.46. The predicted octanol–water partition coefficient (Wildman–Crippen LogP) is 3.87. The van der Waals surface area contributed by atoms with Crippen molar-refractivity contribution < 1.29 is 19.1 Å². The molecule has 0 amide bonds. The highest BCUT2D eigenvalue weighted by Gasteiger charge is 2.32. The van der Waals surface area contributed by atoms with Crippen LogP contribution >= 0.6 is 0 Å². The highest BCUT2D eigenvalue weighted by molar-refractivity contribution is 6.27. The Balaban J connectivity index is 2.05. The molecule has 3 rings (SSSR count). The van der Waals surface area contributed by atoms with Gasteiger partial charge in [-0.05, 0) is 19.4 Å². The van der Waals surface area contributed by atoms with Gasteiger partial charge in [-0.3, -0.25) is 14.4 Å². The van der Waals surface area contributed by atoms with Crippen LogP contribution in [0.1, 0.15) is 45.2 Å². The van der Waals surface area contributed by atoms with Gasteiger partial charge in [-0.15, -0.1) is 0 Å². The first-order chi connectivity index (χ1) is 12.5. The van der Waals surface area contributed by atoms with Crippen molar-refractivity contribution in [2.75, 3.05) is 6.61 Å². The molecule has 0 bridgehead atoms. The van der Waals surface area contributed by atoms with Crippen molar-refractivity contribution in [1.82, 2.24) is 0 Å². The van der Waals surface area contributed by atoms with Crippen LogP contribution in [-0.4, -0.2) is 24.1 Å². The summed E-state index contributed by atoms with van der Waals surface area (Å²) in [6, 6.07) is 14.5. The number of carbonyl (C=O) groups is 3. The van der Waals surface area contributed by atoms with Crippen molar-refractivity contribution in [3.05, 3.63) is 81.9 Å². The molecule has 0 radical (unpaired) electrons. The molecule has 1 aliphatic rings. The van der Waals surface area contributed by atoms with Gasteiger partial charge < -0.3 is 4.74 Å². The van der Waals surface area contributed by atoms with Crippen molar-refractivity contribution in [2.24, 2.45) is 0 Å². The number of benzene rings is 2. The molecule has 0 aromatic heterocycles. The number of esters is 1. The van der Waals surface area contributed by atoms with Crippen molar-refractivity contribution in [3.63, 3.8) is 0 Å². The molecule has 0 unspecified atom stereocenters. The zero-order chi connectivity index (χ0) is 18.7. The second-order valence-corrected chi connectivity index (χ2v) is 6.31. The Bertz CT molecular complexity index is 904. The first kappa shape index (κ1) is 17.8. The van der Waals surface area contributed by atoms with Crippen LogP contribution in [0.15, 0.2) is 59.7 Å². The van der Waals surface area contributed by atoms with Crippen LogP contribution in [0.3, 0.4) is 0 Å². The number of fused-ring (bicyclic) bond motifs is 1. The molecule has 2 aromatic rings. The van der Waals surface area contributed by atoms with Crippen LogP contribution in [0.2, 0.25) is 0 Å². The Morgan fingerprint density at radius 2 is 1.46 bits per heavy atom. The molecule has 0 fully saturated rings. The van der Waals surface area contributed by atoms with E-state index in [1.54, 1.807) is 31.2 Å². The van der Waals surface area contributed by atoms with E-state index >= 15 is 0 Å². The number of ether oxygens (including phenoxy) is 1. The second kappa shape index (κ2) is 7.48. The molecule has 26 heavy (non-hydrogen) atoms. The van der Waals surface area contributed by atoms with Gasteiger partial charge in [-0.1, -0.05) is 54.1 Å². The van der Waals surface area contributed by atoms with Crippen molar-refractivity contribution in [1.29, 1.82) is 0 Å².